The van der Waals surface area contributed by atoms with Crippen molar-refractivity contribution in [3.8, 4) is 11.9 Å². The van der Waals surface area contributed by atoms with E-state index in [0.717, 1.165) is 0 Å². The number of nitro groups is 1. The van der Waals surface area contributed by atoms with E-state index >= 15 is 0 Å². The summed E-state index contributed by atoms with van der Waals surface area (Å²) in [5.74, 6) is 0.508. The van der Waals surface area contributed by atoms with Crippen LogP contribution in [0.2, 0.25) is 0 Å². The van der Waals surface area contributed by atoms with Gasteiger partial charge in [-0.25, -0.2) is 4.98 Å². The Morgan fingerprint density at radius 2 is 2.14 bits per heavy atom. The predicted octanol–water partition coefficient (Wildman–Crippen LogP) is 3.00. The fourth-order valence-corrected chi connectivity index (χ4v) is 1.71. The summed E-state index contributed by atoms with van der Waals surface area (Å²) < 4.78 is 5.23. The molecule has 0 aliphatic heterocycles. The van der Waals surface area contributed by atoms with Crippen LogP contribution in [0.5, 0.6) is 5.88 Å². The molecule has 1 N–H and O–H groups in total. The molecular formula is C14H12N4O3. The molecule has 0 aliphatic carbocycles. The number of anilines is 2. The maximum absolute atomic E-state index is 10.9. The number of nitrogens with one attached hydrogen (secondary N) is 1. The number of nitro benzene ring substituents is 1. The molecule has 1 aromatic carbocycles. The molecule has 0 spiro atoms. The molecule has 7 heteroatoms. The highest BCUT2D eigenvalue weighted by Gasteiger charge is 2.14. The van der Waals surface area contributed by atoms with Gasteiger partial charge >= 0.3 is 0 Å². The van der Waals surface area contributed by atoms with Crippen molar-refractivity contribution in [2.24, 2.45) is 0 Å². The molecule has 7 nitrogen and oxygen atoms in total. The molecule has 0 atom stereocenters. The number of pyridine rings is 1. The number of nitriles is 1. The average Bonchev–Trinajstić information content (AvgIpc) is 2.49. The number of rotatable bonds is 5. The molecule has 0 fully saturated rings. The first-order chi connectivity index (χ1) is 10.1. The lowest BCUT2D eigenvalue weighted by atomic mass is 10.2. The van der Waals surface area contributed by atoms with E-state index < -0.39 is 4.92 Å². The molecule has 0 unspecified atom stereocenters. The first kappa shape index (κ1) is 14.3. The second kappa shape index (κ2) is 6.34. The maximum Gasteiger partial charge on any atom is 0.289 e. The lowest BCUT2D eigenvalue weighted by Crippen LogP contribution is -1.97. The third-order valence-corrected chi connectivity index (χ3v) is 2.63. The van der Waals surface area contributed by atoms with Crippen LogP contribution in [0.4, 0.5) is 17.1 Å². The van der Waals surface area contributed by atoms with Gasteiger partial charge in [0.15, 0.2) is 0 Å². The molecule has 0 saturated heterocycles. The summed E-state index contributed by atoms with van der Waals surface area (Å²) in [5.41, 5.74) is 0.959. The van der Waals surface area contributed by atoms with Gasteiger partial charge in [-0.2, -0.15) is 5.26 Å². The Hall–Kier alpha value is -3.14. The molecule has 0 bridgehead atoms. The van der Waals surface area contributed by atoms with Gasteiger partial charge in [0, 0.05) is 17.8 Å². The van der Waals surface area contributed by atoms with Crippen LogP contribution in [0.15, 0.2) is 36.5 Å². The van der Waals surface area contributed by atoms with Gasteiger partial charge in [0.1, 0.15) is 11.6 Å². The molecule has 21 heavy (non-hydrogen) atoms. The second-order valence-corrected chi connectivity index (χ2v) is 4.04. The van der Waals surface area contributed by atoms with Gasteiger partial charge < -0.3 is 10.1 Å². The van der Waals surface area contributed by atoms with Crippen LogP contribution in [-0.4, -0.2) is 16.5 Å². The van der Waals surface area contributed by atoms with Crippen molar-refractivity contribution in [1.82, 2.24) is 4.98 Å². The lowest BCUT2D eigenvalue weighted by Gasteiger charge is -2.07. The van der Waals surface area contributed by atoms with E-state index in [-0.39, 0.29) is 11.3 Å². The van der Waals surface area contributed by atoms with Gasteiger partial charge in [-0.3, -0.25) is 10.1 Å². The Kier molecular flexibility index (Phi) is 4.31. The second-order valence-electron chi connectivity index (χ2n) is 4.04. The zero-order chi connectivity index (χ0) is 15.2. The molecule has 0 aliphatic rings. The van der Waals surface area contributed by atoms with Crippen LogP contribution >= 0.6 is 0 Å². The zero-order valence-electron chi connectivity index (χ0n) is 11.2. The summed E-state index contributed by atoms with van der Waals surface area (Å²) >= 11 is 0. The quantitative estimate of drug-likeness (QED) is 0.669. The van der Waals surface area contributed by atoms with Crippen molar-refractivity contribution in [2.45, 2.75) is 6.92 Å². The van der Waals surface area contributed by atoms with Crippen LogP contribution in [0, 0.1) is 21.4 Å². The Morgan fingerprint density at radius 1 is 1.38 bits per heavy atom. The SMILES string of the molecule is CCOc1ccc(Nc2ccc(C#N)c([N+](=O)[O-])c2)cn1. The third kappa shape index (κ3) is 3.45. The van der Waals surface area contributed by atoms with Crippen molar-refractivity contribution in [3.63, 3.8) is 0 Å². The summed E-state index contributed by atoms with van der Waals surface area (Å²) in [6.45, 7) is 2.39. The van der Waals surface area contributed by atoms with E-state index in [9.17, 15) is 10.1 Å². The topological polar surface area (TPSA) is 101 Å². The highest BCUT2D eigenvalue weighted by molar-refractivity contribution is 5.65. The van der Waals surface area contributed by atoms with Crippen LogP contribution in [-0.2, 0) is 0 Å². The molecule has 0 amide bonds. The Balaban J connectivity index is 2.21. The lowest BCUT2D eigenvalue weighted by molar-refractivity contribution is -0.385. The predicted molar refractivity (Wildman–Crippen MR) is 76.5 cm³/mol. The van der Waals surface area contributed by atoms with Crippen molar-refractivity contribution < 1.29 is 9.66 Å². The molecule has 1 aromatic heterocycles. The van der Waals surface area contributed by atoms with E-state index in [1.165, 1.54) is 12.1 Å². The fraction of sp³-hybridized carbons (Fsp3) is 0.143. The molecule has 0 saturated carbocycles. The summed E-state index contributed by atoms with van der Waals surface area (Å²) in [4.78, 5) is 14.4. The molecule has 2 rings (SSSR count). The fourth-order valence-electron chi connectivity index (χ4n) is 1.71. The summed E-state index contributed by atoms with van der Waals surface area (Å²) in [6.07, 6.45) is 1.56. The normalized spacial score (nSPS) is 9.71. The minimum Gasteiger partial charge on any atom is -0.478 e. The third-order valence-electron chi connectivity index (χ3n) is 2.63. The number of ether oxygens (including phenoxy) is 1. The first-order valence-electron chi connectivity index (χ1n) is 6.18. The number of benzene rings is 1. The smallest absolute Gasteiger partial charge is 0.289 e. The van der Waals surface area contributed by atoms with E-state index in [1.54, 1.807) is 30.5 Å². The summed E-state index contributed by atoms with van der Waals surface area (Å²) in [7, 11) is 0. The Bertz CT molecular complexity index is 692. The minimum absolute atomic E-state index is 0.0235. The maximum atomic E-state index is 10.9. The Labute approximate surface area is 121 Å². The van der Waals surface area contributed by atoms with Gasteiger partial charge in [-0.1, -0.05) is 0 Å². The van der Waals surface area contributed by atoms with Gasteiger partial charge in [0.05, 0.1) is 23.4 Å². The zero-order valence-corrected chi connectivity index (χ0v) is 11.2. The molecule has 2 aromatic rings. The molecule has 1 heterocycles. The number of hydrogen-bond acceptors (Lipinski definition) is 6. The van der Waals surface area contributed by atoms with E-state index in [2.05, 4.69) is 10.3 Å². The standard InChI is InChI=1S/C14H12N4O3/c1-2-21-14-6-5-12(9-16-14)17-11-4-3-10(8-15)13(7-11)18(19)20/h3-7,9,17H,2H2,1H3. The average molecular weight is 284 g/mol. The number of aromatic nitrogens is 1. The van der Waals surface area contributed by atoms with Gasteiger partial charge in [0.25, 0.3) is 5.69 Å². The minimum atomic E-state index is -0.583. The highest BCUT2D eigenvalue weighted by atomic mass is 16.6. The van der Waals surface area contributed by atoms with E-state index in [4.69, 9.17) is 10.00 Å². The molecular weight excluding hydrogens is 272 g/mol. The van der Waals surface area contributed by atoms with E-state index in [0.29, 0.717) is 23.9 Å². The van der Waals surface area contributed by atoms with Crippen molar-refractivity contribution in [1.29, 1.82) is 5.26 Å². The van der Waals surface area contributed by atoms with Crippen molar-refractivity contribution >= 4 is 17.1 Å². The monoisotopic (exact) mass is 284 g/mol. The largest absolute Gasteiger partial charge is 0.478 e. The summed E-state index contributed by atoms with van der Waals surface area (Å²) in [6, 6.07) is 9.56. The van der Waals surface area contributed by atoms with Crippen molar-refractivity contribution in [3.05, 3.63) is 52.2 Å². The van der Waals surface area contributed by atoms with Crippen LogP contribution in [0.3, 0.4) is 0 Å². The van der Waals surface area contributed by atoms with Crippen molar-refractivity contribution in [2.75, 3.05) is 11.9 Å². The van der Waals surface area contributed by atoms with Crippen LogP contribution in [0.1, 0.15) is 12.5 Å². The van der Waals surface area contributed by atoms with Crippen LogP contribution in [0.25, 0.3) is 0 Å². The van der Waals surface area contributed by atoms with Gasteiger partial charge in [0.2, 0.25) is 5.88 Å². The van der Waals surface area contributed by atoms with Gasteiger partial charge in [-0.05, 0) is 25.1 Å². The first-order valence-corrected chi connectivity index (χ1v) is 6.18. The van der Waals surface area contributed by atoms with E-state index in [1.807, 2.05) is 6.92 Å². The van der Waals surface area contributed by atoms with Crippen LogP contribution < -0.4 is 10.1 Å². The molecule has 0 radical (unpaired) electrons. The molecule has 106 valence electrons. The number of hydrogen-bond donors (Lipinski definition) is 1. The Morgan fingerprint density at radius 3 is 2.71 bits per heavy atom. The highest BCUT2D eigenvalue weighted by Crippen LogP contribution is 2.25. The number of nitrogens with zero attached hydrogens (tertiary/aromatic N) is 3. The van der Waals surface area contributed by atoms with Gasteiger partial charge in [-0.15, -0.1) is 0 Å². The summed E-state index contributed by atoms with van der Waals surface area (Å²) in [5, 5.41) is 22.7.